The zero-order valence-electron chi connectivity index (χ0n) is 17.0. The van der Waals surface area contributed by atoms with Crippen molar-refractivity contribution in [3.05, 3.63) is 71.3 Å². The topological polar surface area (TPSA) is 49.9 Å². The number of carbonyl (C=O) groups excluding carboxylic acids is 2. The summed E-state index contributed by atoms with van der Waals surface area (Å²) in [5, 5.41) is 0. The zero-order valence-corrected chi connectivity index (χ0v) is 17.0. The number of hydrogen-bond donors (Lipinski definition) is 0. The maximum absolute atomic E-state index is 12.8. The van der Waals surface area contributed by atoms with Gasteiger partial charge in [-0.25, -0.2) is 0 Å². The van der Waals surface area contributed by atoms with E-state index < -0.39 is 0 Å². The molecule has 0 radical (unpaired) electrons. The summed E-state index contributed by atoms with van der Waals surface area (Å²) in [6, 6.07) is 13.6. The molecule has 0 N–H and O–H groups in total. The first-order valence-electron chi connectivity index (χ1n) is 10.1. The van der Waals surface area contributed by atoms with Gasteiger partial charge < -0.3 is 9.64 Å². The highest BCUT2D eigenvalue weighted by atomic mass is 16.5. The molecule has 1 saturated heterocycles. The maximum Gasteiger partial charge on any atom is 0.259 e. The number of fused-ring (bicyclic) bond motifs is 1. The van der Waals surface area contributed by atoms with Crippen LogP contribution in [0.3, 0.4) is 0 Å². The number of aryl methyl sites for hydroxylation is 2. The molecule has 5 nitrogen and oxygen atoms in total. The van der Waals surface area contributed by atoms with E-state index in [1.807, 2.05) is 30.0 Å². The Balaban J connectivity index is 1.33. The predicted molar refractivity (Wildman–Crippen MR) is 113 cm³/mol. The van der Waals surface area contributed by atoms with Crippen LogP contribution in [0, 0.1) is 13.8 Å². The highest BCUT2D eigenvalue weighted by molar-refractivity contribution is 6.10. The minimum absolute atomic E-state index is 0.0366. The molecule has 0 saturated carbocycles. The monoisotopic (exact) mass is 390 g/mol. The van der Waals surface area contributed by atoms with Gasteiger partial charge in [-0.15, -0.1) is 0 Å². The van der Waals surface area contributed by atoms with Crippen LogP contribution in [0.25, 0.3) is 5.70 Å². The molecule has 2 heterocycles. The third kappa shape index (κ3) is 3.77. The molecule has 5 heteroatoms. The molecule has 0 bridgehead atoms. The Labute approximate surface area is 171 Å². The molecule has 0 unspecified atom stereocenters. The number of piperidine rings is 1. The lowest BCUT2D eigenvalue weighted by molar-refractivity contribution is -0.133. The Bertz CT molecular complexity index is 939. The number of ether oxygens (including phenoxy) is 1. The van der Waals surface area contributed by atoms with Gasteiger partial charge in [0.05, 0.1) is 0 Å². The summed E-state index contributed by atoms with van der Waals surface area (Å²) >= 11 is 0. The summed E-state index contributed by atoms with van der Waals surface area (Å²) < 4.78 is 6.19. The molecule has 0 atom stereocenters. The molecule has 2 aliphatic rings. The Hall–Kier alpha value is -3.08. The van der Waals surface area contributed by atoms with Crippen LogP contribution in [0.2, 0.25) is 0 Å². The Kier molecular flexibility index (Phi) is 5.14. The standard InChI is InChI=1S/C24H26N2O3/c1-16-8-9-17(2)22(14-16)29-19-10-12-25(13-11-19)23(27)15-26-18(3)20-6-4-5-7-21(20)24(26)28/h4-9,14,19H,3,10-13,15H2,1-2H3. The van der Waals surface area contributed by atoms with Crippen molar-refractivity contribution in [2.75, 3.05) is 19.6 Å². The summed E-state index contributed by atoms with van der Waals surface area (Å²) in [5.74, 6) is 0.732. The van der Waals surface area contributed by atoms with Gasteiger partial charge in [-0.3, -0.25) is 14.5 Å². The van der Waals surface area contributed by atoms with Gasteiger partial charge in [0.2, 0.25) is 5.91 Å². The number of amides is 2. The normalized spacial score (nSPS) is 16.9. The van der Waals surface area contributed by atoms with Crippen molar-refractivity contribution in [2.24, 2.45) is 0 Å². The lowest BCUT2D eigenvalue weighted by Gasteiger charge is -2.33. The average molecular weight is 390 g/mol. The molecule has 1 fully saturated rings. The molecular formula is C24H26N2O3. The summed E-state index contributed by atoms with van der Waals surface area (Å²) in [6.45, 7) is 9.42. The van der Waals surface area contributed by atoms with Crippen LogP contribution < -0.4 is 4.74 Å². The minimum atomic E-state index is -0.146. The quantitative estimate of drug-likeness (QED) is 0.798. The van der Waals surface area contributed by atoms with Gasteiger partial charge in [0.1, 0.15) is 18.4 Å². The summed E-state index contributed by atoms with van der Waals surface area (Å²) in [5.41, 5.74) is 4.33. The Morgan fingerprint density at radius 3 is 2.48 bits per heavy atom. The first kappa shape index (κ1) is 19.2. The van der Waals surface area contributed by atoms with Gasteiger partial charge in [-0.2, -0.15) is 0 Å². The van der Waals surface area contributed by atoms with Crippen molar-refractivity contribution in [1.82, 2.24) is 9.80 Å². The first-order chi connectivity index (χ1) is 13.9. The van der Waals surface area contributed by atoms with Crippen LogP contribution in [0.4, 0.5) is 0 Å². The largest absolute Gasteiger partial charge is 0.490 e. The van der Waals surface area contributed by atoms with Crippen LogP contribution in [-0.2, 0) is 4.79 Å². The summed E-state index contributed by atoms with van der Waals surface area (Å²) in [6.07, 6.45) is 1.68. The van der Waals surface area contributed by atoms with Gasteiger partial charge >= 0.3 is 0 Å². The highest BCUT2D eigenvalue weighted by Crippen LogP contribution is 2.31. The molecule has 0 aliphatic carbocycles. The van der Waals surface area contributed by atoms with Crippen LogP contribution in [-0.4, -0.2) is 47.4 Å². The molecule has 150 valence electrons. The molecule has 2 aromatic rings. The van der Waals surface area contributed by atoms with E-state index >= 15 is 0 Å². The second-order valence-electron chi connectivity index (χ2n) is 7.85. The molecule has 0 spiro atoms. The van der Waals surface area contributed by atoms with Crippen LogP contribution in [0.5, 0.6) is 5.75 Å². The fourth-order valence-electron chi connectivity index (χ4n) is 3.97. The van der Waals surface area contributed by atoms with Crippen LogP contribution in [0.1, 0.15) is 39.9 Å². The zero-order chi connectivity index (χ0) is 20.5. The second kappa shape index (κ2) is 7.74. The smallest absolute Gasteiger partial charge is 0.259 e. The fourth-order valence-corrected chi connectivity index (χ4v) is 3.97. The first-order valence-corrected chi connectivity index (χ1v) is 10.1. The SMILES string of the molecule is C=C1c2ccccc2C(=O)N1CC(=O)N1CCC(Oc2cc(C)ccc2C)CC1. The van der Waals surface area contributed by atoms with E-state index in [1.54, 1.807) is 6.07 Å². The van der Waals surface area contributed by atoms with Crippen molar-refractivity contribution < 1.29 is 14.3 Å². The third-order valence-corrected chi connectivity index (χ3v) is 5.76. The fraction of sp³-hybridized carbons (Fsp3) is 0.333. The van der Waals surface area contributed by atoms with Crippen molar-refractivity contribution in [1.29, 1.82) is 0 Å². The minimum Gasteiger partial charge on any atom is -0.490 e. The predicted octanol–water partition coefficient (Wildman–Crippen LogP) is 3.80. The molecule has 4 rings (SSSR count). The van der Waals surface area contributed by atoms with E-state index in [0.717, 1.165) is 29.7 Å². The molecule has 2 amide bonds. The number of benzene rings is 2. The molecule has 29 heavy (non-hydrogen) atoms. The van der Waals surface area contributed by atoms with E-state index in [2.05, 4.69) is 31.7 Å². The van der Waals surface area contributed by atoms with E-state index in [9.17, 15) is 9.59 Å². The maximum atomic E-state index is 12.8. The molecule has 2 aromatic carbocycles. The van der Waals surface area contributed by atoms with Crippen molar-refractivity contribution >= 4 is 17.5 Å². The van der Waals surface area contributed by atoms with Gasteiger partial charge in [-0.1, -0.05) is 36.9 Å². The third-order valence-electron chi connectivity index (χ3n) is 5.76. The molecular weight excluding hydrogens is 364 g/mol. The van der Waals surface area contributed by atoms with E-state index in [-0.39, 0.29) is 24.5 Å². The Morgan fingerprint density at radius 1 is 1.10 bits per heavy atom. The van der Waals surface area contributed by atoms with E-state index in [1.165, 1.54) is 10.5 Å². The number of hydrogen-bond acceptors (Lipinski definition) is 3. The number of carbonyl (C=O) groups is 2. The summed E-state index contributed by atoms with van der Waals surface area (Å²) in [4.78, 5) is 28.7. The van der Waals surface area contributed by atoms with E-state index in [0.29, 0.717) is 24.4 Å². The molecule has 0 aromatic heterocycles. The second-order valence-corrected chi connectivity index (χ2v) is 7.85. The van der Waals surface area contributed by atoms with Gasteiger partial charge in [0, 0.05) is 42.8 Å². The number of likely N-dealkylation sites (tertiary alicyclic amines) is 1. The van der Waals surface area contributed by atoms with Gasteiger partial charge in [0.25, 0.3) is 5.91 Å². The highest BCUT2D eigenvalue weighted by Gasteiger charge is 2.34. The van der Waals surface area contributed by atoms with Crippen molar-refractivity contribution in [3.63, 3.8) is 0 Å². The number of nitrogens with zero attached hydrogens (tertiary/aromatic N) is 2. The average Bonchev–Trinajstić information content (AvgIpc) is 2.96. The Morgan fingerprint density at radius 2 is 1.79 bits per heavy atom. The van der Waals surface area contributed by atoms with Crippen molar-refractivity contribution in [3.8, 4) is 5.75 Å². The van der Waals surface area contributed by atoms with Crippen LogP contribution >= 0.6 is 0 Å². The van der Waals surface area contributed by atoms with E-state index in [4.69, 9.17) is 4.74 Å². The lowest BCUT2D eigenvalue weighted by Crippen LogP contribution is -2.46. The molecule has 2 aliphatic heterocycles. The van der Waals surface area contributed by atoms with Gasteiger partial charge in [0.15, 0.2) is 0 Å². The number of rotatable bonds is 4. The van der Waals surface area contributed by atoms with Crippen molar-refractivity contribution in [2.45, 2.75) is 32.8 Å². The van der Waals surface area contributed by atoms with Crippen LogP contribution in [0.15, 0.2) is 49.0 Å². The summed E-state index contributed by atoms with van der Waals surface area (Å²) in [7, 11) is 0. The lowest BCUT2D eigenvalue weighted by atomic mass is 10.1. The van der Waals surface area contributed by atoms with Gasteiger partial charge in [-0.05, 0) is 37.1 Å².